The maximum atomic E-state index is 3.65. The van der Waals surface area contributed by atoms with E-state index in [9.17, 15) is 0 Å². The molecule has 1 unspecified atom stereocenters. The molecule has 222 valence electrons. The summed E-state index contributed by atoms with van der Waals surface area (Å²) in [5.41, 5.74) is 12.1. The second-order valence-corrected chi connectivity index (χ2v) is 15.5. The van der Waals surface area contributed by atoms with E-state index in [1.807, 2.05) is 0 Å². The standard InChI is InChI=1S/C40H55Br/c1-8-9-10-11-14-24-40(25-15-12-13-16-26-41)36-28-31(30-18-17-19-32(27-30)38(2,3)4)20-22-34(36)35-23-21-33(29-37(35)40)39(5,6)7/h17-23,27-29H,8-16,24-26H2,1-7H3. The Hall–Kier alpha value is -1.86. The number of hydrogen-bond donors (Lipinski definition) is 0. The van der Waals surface area contributed by atoms with Crippen LogP contribution in [0.25, 0.3) is 22.3 Å². The molecule has 0 saturated heterocycles. The van der Waals surface area contributed by atoms with Gasteiger partial charge in [-0.15, -0.1) is 0 Å². The number of hydrogen-bond acceptors (Lipinski definition) is 0. The predicted octanol–water partition coefficient (Wildman–Crippen LogP) is 12.9. The molecule has 3 aromatic carbocycles. The van der Waals surface area contributed by atoms with Gasteiger partial charge in [0.25, 0.3) is 0 Å². The van der Waals surface area contributed by atoms with Crippen LogP contribution >= 0.6 is 15.9 Å². The molecule has 3 aromatic rings. The van der Waals surface area contributed by atoms with Crippen molar-refractivity contribution < 1.29 is 0 Å². The fourth-order valence-corrected chi connectivity index (χ4v) is 7.27. The van der Waals surface area contributed by atoms with Gasteiger partial charge in [0.2, 0.25) is 0 Å². The van der Waals surface area contributed by atoms with E-state index in [0.717, 1.165) is 5.33 Å². The molecule has 1 heteroatoms. The summed E-state index contributed by atoms with van der Waals surface area (Å²) in [7, 11) is 0. The monoisotopic (exact) mass is 614 g/mol. The van der Waals surface area contributed by atoms with E-state index in [2.05, 4.69) is 125 Å². The summed E-state index contributed by atoms with van der Waals surface area (Å²) in [6.45, 7) is 16.4. The minimum Gasteiger partial charge on any atom is -0.0928 e. The summed E-state index contributed by atoms with van der Waals surface area (Å²) in [4.78, 5) is 0. The smallest absolute Gasteiger partial charge is 0.0215 e. The van der Waals surface area contributed by atoms with Crippen molar-refractivity contribution in [3.05, 3.63) is 82.9 Å². The van der Waals surface area contributed by atoms with Gasteiger partial charge in [-0.2, -0.15) is 0 Å². The summed E-state index contributed by atoms with van der Waals surface area (Å²) in [6, 6.07) is 24.2. The van der Waals surface area contributed by atoms with Crippen LogP contribution in [-0.2, 0) is 16.2 Å². The second-order valence-electron chi connectivity index (χ2n) is 14.7. The molecule has 0 aromatic heterocycles. The minimum atomic E-state index is 0.101. The van der Waals surface area contributed by atoms with Crippen LogP contribution < -0.4 is 0 Å². The van der Waals surface area contributed by atoms with Gasteiger partial charge in [-0.3, -0.25) is 0 Å². The van der Waals surface area contributed by atoms with Crippen molar-refractivity contribution in [3.63, 3.8) is 0 Å². The van der Waals surface area contributed by atoms with Crippen LogP contribution in [0.1, 0.15) is 141 Å². The Labute approximate surface area is 260 Å². The first-order valence-corrected chi connectivity index (χ1v) is 17.6. The highest BCUT2D eigenvalue weighted by atomic mass is 79.9. The SMILES string of the molecule is CCCCCCCC1(CCCCCCBr)c2cc(-c3cccc(C(C)(C)C)c3)ccc2-c2ccc(C(C)(C)C)cc21. The molecule has 0 amide bonds. The maximum absolute atomic E-state index is 3.65. The largest absolute Gasteiger partial charge is 0.0928 e. The molecule has 1 aliphatic carbocycles. The zero-order valence-corrected chi connectivity index (χ0v) is 28.7. The Bertz CT molecular complexity index is 1270. The summed E-state index contributed by atoms with van der Waals surface area (Å²) >= 11 is 3.65. The fraction of sp³-hybridized carbons (Fsp3) is 0.550. The molecule has 0 spiro atoms. The summed E-state index contributed by atoms with van der Waals surface area (Å²) < 4.78 is 0. The lowest BCUT2D eigenvalue weighted by atomic mass is 9.69. The van der Waals surface area contributed by atoms with Crippen LogP contribution in [0, 0.1) is 0 Å². The molecule has 0 aliphatic heterocycles. The number of fused-ring (bicyclic) bond motifs is 3. The normalized spacial score (nSPS) is 16.6. The molecular weight excluding hydrogens is 560 g/mol. The van der Waals surface area contributed by atoms with Gasteiger partial charge in [0.05, 0.1) is 0 Å². The van der Waals surface area contributed by atoms with E-state index in [4.69, 9.17) is 0 Å². The Morgan fingerprint density at radius 1 is 0.561 bits per heavy atom. The molecule has 0 bridgehead atoms. The van der Waals surface area contributed by atoms with Crippen LogP contribution in [-0.4, -0.2) is 5.33 Å². The zero-order chi connectivity index (χ0) is 29.7. The van der Waals surface area contributed by atoms with Crippen molar-refractivity contribution in [2.24, 2.45) is 0 Å². The highest BCUT2D eigenvalue weighted by Crippen LogP contribution is 2.55. The third kappa shape index (κ3) is 7.38. The minimum absolute atomic E-state index is 0.101. The highest BCUT2D eigenvalue weighted by molar-refractivity contribution is 9.09. The number of alkyl halides is 1. The molecule has 4 rings (SSSR count). The van der Waals surface area contributed by atoms with Gasteiger partial charge in [0.15, 0.2) is 0 Å². The molecule has 41 heavy (non-hydrogen) atoms. The average molecular weight is 616 g/mol. The summed E-state index contributed by atoms with van der Waals surface area (Å²) in [5, 5.41) is 1.12. The van der Waals surface area contributed by atoms with Crippen LogP contribution in [0.2, 0.25) is 0 Å². The van der Waals surface area contributed by atoms with E-state index in [1.165, 1.54) is 104 Å². The Morgan fingerprint density at radius 3 is 1.71 bits per heavy atom. The van der Waals surface area contributed by atoms with E-state index in [1.54, 1.807) is 11.1 Å². The summed E-state index contributed by atoms with van der Waals surface area (Å²) in [5.74, 6) is 0. The lowest BCUT2D eigenvalue weighted by Gasteiger charge is -2.34. The molecule has 0 heterocycles. The van der Waals surface area contributed by atoms with Crippen molar-refractivity contribution in [1.29, 1.82) is 0 Å². The van der Waals surface area contributed by atoms with Crippen LogP contribution in [0.3, 0.4) is 0 Å². The number of unbranched alkanes of at least 4 members (excludes halogenated alkanes) is 7. The molecule has 0 nitrogen and oxygen atoms in total. The van der Waals surface area contributed by atoms with E-state index in [-0.39, 0.29) is 16.2 Å². The first-order chi connectivity index (χ1) is 19.5. The van der Waals surface area contributed by atoms with Crippen LogP contribution in [0.5, 0.6) is 0 Å². The Kier molecular flexibility index (Phi) is 10.7. The molecule has 0 N–H and O–H groups in total. The van der Waals surface area contributed by atoms with Crippen molar-refractivity contribution in [3.8, 4) is 22.3 Å². The topological polar surface area (TPSA) is 0 Å². The lowest BCUT2D eigenvalue weighted by Crippen LogP contribution is -2.26. The van der Waals surface area contributed by atoms with Gasteiger partial charge >= 0.3 is 0 Å². The van der Waals surface area contributed by atoms with Gasteiger partial charge in [-0.1, -0.05) is 170 Å². The van der Waals surface area contributed by atoms with Crippen molar-refractivity contribution in [1.82, 2.24) is 0 Å². The molecule has 1 atom stereocenters. The lowest BCUT2D eigenvalue weighted by molar-refractivity contribution is 0.399. The van der Waals surface area contributed by atoms with Crippen molar-refractivity contribution in [2.45, 2.75) is 135 Å². The van der Waals surface area contributed by atoms with Gasteiger partial charge in [0.1, 0.15) is 0 Å². The van der Waals surface area contributed by atoms with E-state index >= 15 is 0 Å². The molecular formula is C40H55Br. The van der Waals surface area contributed by atoms with Gasteiger partial charge in [-0.25, -0.2) is 0 Å². The van der Waals surface area contributed by atoms with Crippen molar-refractivity contribution >= 4 is 15.9 Å². The summed E-state index contributed by atoms with van der Waals surface area (Å²) in [6.07, 6.45) is 14.4. The van der Waals surface area contributed by atoms with Crippen LogP contribution in [0.15, 0.2) is 60.7 Å². The molecule has 0 saturated carbocycles. The second kappa shape index (κ2) is 13.6. The molecule has 1 aliphatic rings. The third-order valence-electron chi connectivity index (χ3n) is 9.48. The number of benzene rings is 3. The third-order valence-corrected chi connectivity index (χ3v) is 10.0. The predicted molar refractivity (Wildman–Crippen MR) is 186 cm³/mol. The van der Waals surface area contributed by atoms with Gasteiger partial charge in [-0.05, 0) is 80.7 Å². The molecule has 0 radical (unpaired) electrons. The van der Waals surface area contributed by atoms with Crippen LogP contribution in [0.4, 0.5) is 0 Å². The van der Waals surface area contributed by atoms with Gasteiger partial charge in [0, 0.05) is 10.7 Å². The number of rotatable bonds is 13. The number of halogens is 1. The molecule has 0 fully saturated rings. The zero-order valence-electron chi connectivity index (χ0n) is 27.1. The first kappa shape index (κ1) is 32.1. The van der Waals surface area contributed by atoms with Crippen molar-refractivity contribution in [2.75, 3.05) is 5.33 Å². The quantitative estimate of drug-likeness (QED) is 0.133. The Balaban J connectivity index is 1.84. The highest BCUT2D eigenvalue weighted by Gasteiger charge is 2.43. The average Bonchev–Trinajstić information content (AvgIpc) is 3.20. The van der Waals surface area contributed by atoms with E-state index < -0.39 is 0 Å². The Morgan fingerprint density at radius 2 is 1.10 bits per heavy atom. The van der Waals surface area contributed by atoms with E-state index in [0.29, 0.717) is 0 Å². The first-order valence-electron chi connectivity index (χ1n) is 16.5. The maximum Gasteiger partial charge on any atom is 0.0215 e. The van der Waals surface area contributed by atoms with Gasteiger partial charge < -0.3 is 0 Å². The fourth-order valence-electron chi connectivity index (χ4n) is 6.88.